The molecule has 1 amide bonds. The Kier molecular flexibility index (Phi) is 4.13. The van der Waals surface area contributed by atoms with Gasteiger partial charge < -0.3 is 10.1 Å². The molecule has 0 aromatic carbocycles. The van der Waals surface area contributed by atoms with Gasteiger partial charge in [-0.05, 0) is 43.4 Å². The number of carbonyl (C=O) groups is 1. The van der Waals surface area contributed by atoms with E-state index in [9.17, 15) is 4.79 Å². The lowest BCUT2D eigenvalue weighted by molar-refractivity contribution is -0.114. The van der Waals surface area contributed by atoms with Crippen LogP contribution >= 0.6 is 0 Å². The van der Waals surface area contributed by atoms with Crippen LogP contribution in [0.5, 0.6) is 0 Å². The highest BCUT2D eigenvalue weighted by Crippen LogP contribution is 2.47. The predicted octanol–water partition coefficient (Wildman–Crippen LogP) is 3.01. The van der Waals surface area contributed by atoms with E-state index in [-0.39, 0.29) is 11.3 Å². The third-order valence-corrected chi connectivity index (χ3v) is 4.77. The quantitative estimate of drug-likeness (QED) is 0.879. The largest absolute Gasteiger partial charge is 0.376 e. The number of hydrogen-bond donors (Lipinski definition) is 1. The van der Waals surface area contributed by atoms with Crippen LogP contribution in [0.1, 0.15) is 38.4 Å². The van der Waals surface area contributed by atoms with Crippen molar-refractivity contribution in [2.24, 2.45) is 0 Å². The summed E-state index contributed by atoms with van der Waals surface area (Å²) < 4.78 is 7.97. The Hall–Kier alpha value is -2.47. The molecule has 0 radical (unpaired) electrons. The van der Waals surface area contributed by atoms with Crippen molar-refractivity contribution in [1.82, 2.24) is 14.6 Å². The minimum absolute atomic E-state index is 0.0623. The van der Waals surface area contributed by atoms with E-state index in [1.165, 1.54) is 12.5 Å². The van der Waals surface area contributed by atoms with E-state index < -0.39 is 0 Å². The maximum absolute atomic E-state index is 11.3. The smallest absolute Gasteiger partial charge is 0.221 e. The monoisotopic (exact) mass is 338 g/mol. The molecule has 2 aliphatic carbocycles. The highest BCUT2D eigenvalue weighted by molar-refractivity contribution is 5.88. The molecule has 0 atom stereocenters. The zero-order valence-electron chi connectivity index (χ0n) is 14.4. The molecule has 130 valence electrons. The molecule has 0 saturated heterocycles. The van der Waals surface area contributed by atoms with E-state index in [2.05, 4.69) is 33.7 Å². The van der Waals surface area contributed by atoms with Gasteiger partial charge in [0.1, 0.15) is 5.82 Å². The van der Waals surface area contributed by atoms with Crippen LogP contribution in [0.15, 0.2) is 42.1 Å². The summed E-state index contributed by atoms with van der Waals surface area (Å²) in [4.78, 5) is 11.3. The van der Waals surface area contributed by atoms with E-state index in [0.717, 1.165) is 42.8 Å². The molecule has 0 spiro atoms. The number of hydrogen-bond acceptors (Lipinski definition) is 4. The van der Waals surface area contributed by atoms with Crippen LogP contribution < -0.4 is 5.32 Å². The molecule has 6 nitrogen and oxygen atoms in total. The van der Waals surface area contributed by atoms with E-state index >= 15 is 0 Å². The molecule has 0 aliphatic heterocycles. The summed E-state index contributed by atoms with van der Waals surface area (Å²) in [5, 5.41) is 11.5. The number of amides is 1. The summed E-state index contributed by atoms with van der Waals surface area (Å²) >= 11 is 0. The van der Waals surface area contributed by atoms with Gasteiger partial charge in [0.25, 0.3) is 0 Å². The number of nitrogens with one attached hydrogen (secondary N) is 1. The number of nitrogens with zero attached hydrogens (tertiary/aromatic N) is 3. The fourth-order valence-electron chi connectivity index (χ4n) is 3.25. The minimum atomic E-state index is -0.0905. The molecule has 1 fully saturated rings. The van der Waals surface area contributed by atoms with Gasteiger partial charge in [-0.2, -0.15) is 0 Å². The van der Waals surface area contributed by atoms with Crippen molar-refractivity contribution in [1.29, 1.82) is 0 Å². The van der Waals surface area contributed by atoms with Crippen molar-refractivity contribution in [2.75, 3.05) is 18.5 Å². The highest BCUT2D eigenvalue weighted by atomic mass is 16.5. The third-order valence-electron chi connectivity index (χ3n) is 4.77. The Labute approximate surface area is 146 Å². The summed E-state index contributed by atoms with van der Waals surface area (Å²) in [5.74, 6) is 0.829. The van der Waals surface area contributed by atoms with Crippen molar-refractivity contribution in [3.8, 4) is 0 Å². The fourth-order valence-corrected chi connectivity index (χ4v) is 3.25. The number of fused-ring (bicyclic) bond motifs is 1. The first-order chi connectivity index (χ1) is 12.2. The van der Waals surface area contributed by atoms with Gasteiger partial charge in [0.05, 0.1) is 24.3 Å². The minimum Gasteiger partial charge on any atom is -0.376 e. The van der Waals surface area contributed by atoms with Gasteiger partial charge in [0, 0.05) is 13.1 Å². The van der Waals surface area contributed by atoms with E-state index in [0.29, 0.717) is 13.2 Å². The first-order valence-corrected chi connectivity index (χ1v) is 8.72. The summed E-state index contributed by atoms with van der Waals surface area (Å²) in [7, 11) is 0. The Morgan fingerprint density at radius 3 is 2.92 bits per heavy atom. The lowest BCUT2D eigenvalue weighted by Crippen LogP contribution is -2.20. The molecular formula is C19H22N4O2. The fraction of sp³-hybridized carbons (Fsp3) is 0.421. The topological polar surface area (TPSA) is 68.5 Å². The van der Waals surface area contributed by atoms with Gasteiger partial charge in [0.15, 0.2) is 5.65 Å². The lowest BCUT2D eigenvalue weighted by Gasteiger charge is -2.15. The third kappa shape index (κ3) is 3.35. The zero-order valence-corrected chi connectivity index (χ0v) is 14.4. The van der Waals surface area contributed by atoms with Crippen molar-refractivity contribution >= 4 is 17.2 Å². The molecule has 6 heteroatoms. The first kappa shape index (κ1) is 16.0. The van der Waals surface area contributed by atoms with Crippen LogP contribution in [-0.2, 0) is 14.9 Å². The molecule has 2 aromatic heterocycles. The molecule has 2 aliphatic rings. The molecule has 4 rings (SSSR count). The van der Waals surface area contributed by atoms with Crippen LogP contribution in [0.3, 0.4) is 0 Å². The average molecular weight is 338 g/mol. The van der Waals surface area contributed by atoms with Gasteiger partial charge in [0.2, 0.25) is 5.91 Å². The summed E-state index contributed by atoms with van der Waals surface area (Å²) in [5.41, 5.74) is 2.72. The Morgan fingerprint density at radius 2 is 2.20 bits per heavy atom. The molecule has 1 saturated carbocycles. The molecule has 25 heavy (non-hydrogen) atoms. The molecule has 2 heterocycles. The van der Waals surface area contributed by atoms with Crippen LogP contribution in [0.4, 0.5) is 5.69 Å². The number of rotatable bonds is 6. The Morgan fingerprint density at radius 1 is 1.32 bits per heavy atom. The van der Waals surface area contributed by atoms with Crippen molar-refractivity contribution < 1.29 is 9.53 Å². The highest BCUT2D eigenvalue weighted by Gasteiger charge is 2.48. The molecule has 2 aromatic rings. The molecule has 1 N–H and O–H groups in total. The molecule has 0 bridgehead atoms. The second-order valence-electron chi connectivity index (χ2n) is 6.88. The zero-order chi connectivity index (χ0) is 17.3. The molecular weight excluding hydrogens is 316 g/mol. The van der Waals surface area contributed by atoms with Gasteiger partial charge in [-0.3, -0.25) is 9.20 Å². The van der Waals surface area contributed by atoms with Gasteiger partial charge >= 0.3 is 0 Å². The average Bonchev–Trinajstić information content (AvgIpc) is 3.26. The van der Waals surface area contributed by atoms with E-state index in [1.807, 2.05) is 22.7 Å². The number of aromatic nitrogens is 3. The summed E-state index contributed by atoms with van der Waals surface area (Å²) in [6.07, 6.45) is 12.8. The summed E-state index contributed by atoms with van der Waals surface area (Å²) in [6.45, 7) is 2.79. The van der Waals surface area contributed by atoms with Gasteiger partial charge in [-0.1, -0.05) is 18.2 Å². The van der Waals surface area contributed by atoms with Gasteiger partial charge in [-0.25, -0.2) is 0 Å². The number of carbonyl (C=O) groups excluding carboxylic acids is 1. The van der Waals surface area contributed by atoms with Crippen LogP contribution in [0.2, 0.25) is 0 Å². The Balaban J connectivity index is 1.50. The summed E-state index contributed by atoms with van der Waals surface area (Å²) in [6, 6.07) is 3.71. The second kappa shape index (κ2) is 6.44. The number of anilines is 1. The first-order valence-electron chi connectivity index (χ1n) is 8.72. The predicted molar refractivity (Wildman–Crippen MR) is 95.5 cm³/mol. The van der Waals surface area contributed by atoms with Crippen LogP contribution in [0, 0.1) is 0 Å². The number of allylic oxidation sites excluding steroid dienone is 2. The van der Waals surface area contributed by atoms with Crippen LogP contribution in [0.25, 0.3) is 5.65 Å². The van der Waals surface area contributed by atoms with Crippen LogP contribution in [-0.4, -0.2) is 33.7 Å². The normalized spacial score (nSPS) is 18.2. The van der Waals surface area contributed by atoms with Crippen molar-refractivity contribution in [3.63, 3.8) is 0 Å². The maximum Gasteiger partial charge on any atom is 0.221 e. The number of pyridine rings is 1. The van der Waals surface area contributed by atoms with Crippen molar-refractivity contribution in [2.45, 2.75) is 38.0 Å². The Bertz CT molecular complexity index is 861. The van der Waals surface area contributed by atoms with Gasteiger partial charge in [-0.15, -0.1) is 10.2 Å². The molecule has 0 unspecified atom stereocenters. The van der Waals surface area contributed by atoms with Crippen molar-refractivity contribution in [3.05, 3.63) is 48.0 Å². The maximum atomic E-state index is 11.3. The standard InChI is InChI=1S/C19H22N4O2/c1-14(24)20-16-7-8-17-21-22-18(23(17)11-16)19(9-10-19)13-25-12-15-5-3-2-4-6-15/h3,5-8,11H,2,4,9-10,12-13H2,1H3,(H,20,24). The van der Waals surface area contributed by atoms with E-state index in [4.69, 9.17) is 4.74 Å². The van der Waals surface area contributed by atoms with E-state index in [1.54, 1.807) is 0 Å². The SMILES string of the molecule is CC(=O)Nc1ccc2nnc(C3(COCC4=CCCC=C4)CC3)n2c1. The lowest BCUT2D eigenvalue weighted by atomic mass is 10.1. The number of ether oxygens (including phenoxy) is 1. The second-order valence-corrected chi connectivity index (χ2v) is 6.88.